The number of rotatable bonds is 4. The molecular weight excluding hydrogens is 340 g/mol. The van der Waals surface area contributed by atoms with Gasteiger partial charge in [0.15, 0.2) is 0 Å². The average Bonchev–Trinajstić information content (AvgIpc) is 2.65. The van der Waals surface area contributed by atoms with Crippen LogP contribution in [0.25, 0.3) is 10.9 Å². The summed E-state index contributed by atoms with van der Waals surface area (Å²) in [6.07, 6.45) is 0. The van der Waals surface area contributed by atoms with Gasteiger partial charge in [-0.15, -0.1) is 0 Å². The molecule has 0 atom stereocenters. The maximum atomic E-state index is 12.4. The van der Waals surface area contributed by atoms with E-state index in [-0.39, 0.29) is 23.4 Å². The van der Waals surface area contributed by atoms with Gasteiger partial charge in [0.25, 0.3) is 11.5 Å². The minimum atomic E-state index is -0.212. The third kappa shape index (κ3) is 4.19. The van der Waals surface area contributed by atoms with Crippen molar-refractivity contribution < 1.29 is 9.53 Å². The van der Waals surface area contributed by atoms with E-state index in [1.165, 1.54) is 5.56 Å². The zero-order valence-electron chi connectivity index (χ0n) is 16.1. The molecule has 0 radical (unpaired) electrons. The van der Waals surface area contributed by atoms with Crippen molar-refractivity contribution in [2.75, 3.05) is 7.11 Å². The Kier molecular flexibility index (Phi) is 5.04. The molecule has 5 heteroatoms. The summed E-state index contributed by atoms with van der Waals surface area (Å²) in [6.45, 7) is 6.54. The van der Waals surface area contributed by atoms with Gasteiger partial charge in [-0.3, -0.25) is 9.59 Å². The molecule has 0 aliphatic heterocycles. The SMILES string of the molecule is COc1ccc2[nH]c(=O)c(CNC(=O)c3ccc(C(C)(C)C)cc3)cc2c1. The van der Waals surface area contributed by atoms with Gasteiger partial charge in [-0.05, 0) is 47.4 Å². The van der Waals surface area contributed by atoms with Gasteiger partial charge >= 0.3 is 0 Å². The van der Waals surface area contributed by atoms with Crippen LogP contribution in [0.1, 0.15) is 42.3 Å². The molecule has 27 heavy (non-hydrogen) atoms. The Bertz CT molecular complexity index is 1030. The van der Waals surface area contributed by atoms with Crippen molar-refractivity contribution in [2.45, 2.75) is 32.7 Å². The Morgan fingerprint density at radius 2 is 1.78 bits per heavy atom. The van der Waals surface area contributed by atoms with Gasteiger partial charge in [0.2, 0.25) is 0 Å². The molecule has 5 nitrogen and oxygen atoms in total. The molecule has 0 bridgehead atoms. The van der Waals surface area contributed by atoms with Crippen LogP contribution in [-0.2, 0) is 12.0 Å². The summed E-state index contributed by atoms with van der Waals surface area (Å²) in [7, 11) is 1.60. The summed E-state index contributed by atoms with van der Waals surface area (Å²) in [5, 5.41) is 3.67. The van der Waals surface area contributed by atoms with Gasteiger partial charge in [-0.25, -0.2) is 0 Å². The average molecular weight is 364 g/mol. The maximum absolute atomic E-state index is 12.4. The van der Waals surface area contributed by atoms with Crippen molar-refractivity contribution >= 4 is 16.8 Å². The van der Waals surface area contributed by atoms with E-state index < -0.39 is 0 Å². The molecular formula is C22H24N2O3. The molecule has 0 saturated carbocycles. The van der Waals surface area contributed by atoms with Gasteiger partial charge in [0.1, 0.15) is 5.75 Å². The zero-order chi connectivity index (χ0) is 19.6. The number of amides is 1. The predicted molar refractivity (Wildman–Crippen MR) is 107 cm³/mol. The molecule has 1 aromatic heterocycles. The van der Waals surface area contributed by atoms with Crippen molar-refractivity contribution in [2.24, 2.45) is 0 Å². The number of hydrogen-bond acceptors (Lipinski definition) is 3. The highest BCUT2D eigenvalue weighted by Crippen LogP contribution is 2.22. The van der Waals surface area contributed by atoms with Crippen LogP contribution in [0.3, 0.4) is 0 Å². The summed E-state index contributed by atoms with van der Waals surface area (Å²) >= 11 is 0. The second-order valence-corrected chi connectivity index (χ2v) is 7.59. The Hall–Kier alpha value is -3.08. The number of methoxy groups -OCH3 is 1. The molecule has 0 fully saturated rings. The lowest BCUT2D eigenvalue weighted by atomic mass is 9.87. The van der Waals surface area contributed by atoms with E-state index in [0.29, 0.717) is 16.9 Å². The minimum Gasteiger partial charge on any atom is -0.497 e. The lowest BCUT2D eigenvalue weighted by molar-refractivity contribution is 0.0950. The molecule has 2 N–H and O–H groups in total. The van der Waals surface area contributed by atoms with Crippen molar-refractivity contribution in [1.82, 2.24) is 10.3 Å². The zero-order valence-corrected chi connectivity index (χ0v) is 16.1. The number of carbonyl (C=O) groups is 1. The fourth-order valence-electron chi connectivity index (χ4n) is 2.89. The van der Waals surface area contributed by atoms with E-state index in [4.69, 9.17) is 4.74 Å². The van der Waals surface area contributed by atoms with Gasteiger partial charge in [0, 0.05) is 28.6 Å². The number of nitrogens with one attached hydrogen (secondary N) is 2. The molecule has 0 aliphatic carbocycles. The number of aromatic amines is 1. The summed E-state index contributed by atoms with van der Waals surface area (Å²) in [6, 6.07) is 14.8. The van der Waals surface area contributed by atoms with Crippen LogP contribution in [0.5, 0.6) is 5.75 Å². The number of pyridine rings is 1. The first-order chi connectivity index (χ1) is 12.8. The number of H-pyrrole nitrogens is 1. The van der Waals surface area contributed by atoms with Crippen molar-refractivity contribution in [3.8, 4) is 5.75 Å². The molecule has 2 aromatic carbocycles. The van der Waals surface area contributed by atoms with Gasteiger partial charge in [-0.1, -0.05) is 32.9 Å². The Morgan fingerprint density at radius 1 is 1.07 bits per heavy atom. The first kappa shape index (κ1) is 18.7. The molecule has 1 heterocycles. The number of benzene rings is 2. The molecule has 3 aromatic rings. The van der Waals surface area contributed by atoms with Crippen LogP contribution in [0, 0.1) is 0 Å². The fourth-order valence-corrected chi connectivity index (χ4v) is 2.89. The topological polar surface area (TPSA) is 71.2 Å². The molecule has 0 spiro atoms. The Morgan fingerprint density at radius 3 is 2.41 bits per heavy atom. The third-order valence-electron chi connectivity index (χ3n) is 4.58. The standard InChI is InChI=1S/C22H24N2O3/c1-22(2,3)17-7-5-14(6-8-17)20(25)23-13-16-11-15-12-18(27-4)9-10-19(15)24-21(16)26/h5-12H,13H2,1-4H3,(H,23,25)(H,24,26). The fraction of sp³-hybridized carbons (Fsp3) is 0.273. The van der Waals surface area contributed by atoms with Crippen LogP contribution in [0.4, 0.5) is 0 Å². The lowest BCUT2D eigenvalue weighted by Gasteiger charge is -2.19. The lowest BCUT2D eigenvalue weighted by Crippen LogP contribution is -2.26. The highest BCUT2D eigenvalue weighted by atomic mass is 16.5. The first-order valence-corrected chi connectivity index (χ1v) is 8.86. The summed E-state index contributed by atoms with van der Waals surface area (Å²) in [4.78, 5) is 27.5. The van der Waals surface area contributed by atoms with Crippen LogP contribution in [-0.4, -0.2) is 18.0 Å². The van der Waals surface area contributed by atoms with Crippen molar-refractivity contribution in [1.29, 1.82) is 0 Å². The van der Waals surface area contributed by atoms with Crippen LogP contribution in [0.15, 0.2) is 53.3 Å². The normalized spacial score (nSPS) is 11.4. The second-order valence-electron chi connectivity index (χ2n) is 7.59. The molecule has 0 aliphatic rings. The van der Waals surface area contributed by atoms with Gasteiger partial charge in [0.05, 0.1) is 7.11 Å². The van der Waals surface area contributed by atoms with Crippen LogP contribution in [0.2, 0.25) is 0 Å². The predicted octanol–water partition coefficient (Wildman–Crippen LogP) is 3.76. The second kappa shape index (κ2) is 7.27. The van der Waals surface area contributed by atoms with Crippen molar-refractivity contribution in [3.05, 3.63) is 75.6 Å². The van der Waals surface area contributed by atoms with Crippen LogP contribution < -0.4 is 15.6 Å². The molecule has 140 valence electrons. The molecule has 0 saturated heterocycles. The van der Waals surface area contributed by atoms with E-state index in [1.807, 2.05) is 30.3 Å². The number of fused-ring (bicyclic) bond motifs is 1. The Labute approximate surface area is 158 Å². The van der Waals surface area contributed by atoms with Crippen molar-refractivity contribution in [3.63, 3.8) is 0 Å². The molecule has 0 unspecified atom stereocenters. The largest absolute Gasteiger partial charge is 0.497 e. The quantitative estimate of drug-likeness (QED) is 0.740. The van der Waals surface area contributed by atoms with Crippen LogP contribution >= 0.6 is 0 Å². The highest BCUT2D eigenvalue weighted by Gasteiger charge is 2.14. The van der Waals surface area contributed by atoms with E-state index in [9.17, 15) is 9.59 Å². The Balaban J connectivity index is 1.76. The van der Waals surface area contributed by atoms with E-state index in [1.54, 1.807) is 25.3 Å². The minimum absolute atomic E-state index is 0.0362. The number of carbonyl (C=O) groups excluding carboxylic acids is 1. The van der Waals surface area contributed by atoms with E-state index >= 15 is 0 Å². The first-order valence-electron chi connectivity index (χ1n) is 8.86. The summed E-state index contributed by atoms with van der Waals surface area (Å²) in [5.41, 5.74) is 2.79. The molecule has 3 rings (SSSR count). The van der Waals surface area contributed by atoms with E-state index in [0.717, 1.165) is 10.9 Å². The smallest absolute Gasteiger partial charge is 0.253 e. The monoisotopic (exact) mass is 364 g/mol. The van der Waals surface area contributed by atoms with Gasteiger partial charge < -0.3 is 15.0 Å². The molecule has 1 amide bonds. The third-order valence-corrected chi connectivity index (χ3v) is 4.58. The number of hydrogen-bond donors (Lipinski definition) is 2. The summed E-state index contributed by atoms with van der Waals surface area (Å²) < 4.78 is 5.22. The van der Waals surface area contributed by atoms with Gasteiger partial charge in [-0.2, -0.15) is 0 Å². The number of aromatic nitrogens is 1. The maximum Gasteiger partial charge on any atom is 0.253 e. The van der Waals surface area contributed by atoms with E-state index in [2.05, 4.69) is 31.1 Å². The highest BCUT2D eigenvalue weighted by molar-refractivity contribution is 5.94. The summed E-state index contributed by atoms with van der Waals surface area (Å²) in [5.74, 6) is 0.504. The number of ether oxygens (including phenoxy) is 1.